The second-order valence-corrected chi connectivity index (χ2v) is 3.84. The molecule has 1 unspecified atom stereocenters. The predicted octanol–water partition coefficient (Wildman–Crippen LogP) is -6.40. The minimum Gasteiger partial charge on any atom is -1.00 e. The summed E-state index contributed by atoms with van der Waals surface area (Å²) in [4.78, 5) is 21.6. The Balaban J connectivity index is -0.00000180. The minimum atomic E-state index is -2.36. The van der Waals surface area contributed by atoms with Crippen molar-refractivity contribution in [2.24, 2.45) is 0 Å². The Morgan fingerprint density at radius 3 is 1.95 bits per heavy atom. The van der Waals surface area contributed by atoms with E-state index in [-0.39, 0.29) is 35.9 Å². The normalized spacial score (nSPS) is 17.7. The molecule has 0 aliphatic carbocycles. The van der Waals surface area contributed by atoms with Crippen LogP contribution in [0.3, 0.4) is 0 Å². The van der Waals surface area contributed by atoms with Crippen molar-refractivity contribution >= 4 is 12.2 Å². The summed E-state index contributed by atoms with van der Waals surface area (Å²) in [6.07, 6.45) is -13.8. The summed E-state index contributed by atoms with van der Waals surface area (Å²) in [7, 11) is 0.810. The van der Waals surface area contributed by atoms with Crippen LogP contribution in [0.25, 0.3) is 0 Å². The Morgan fingerprint density at radius 1 is 1.10 bits per heavy atom. The van der Waals surface area contributed by atoms with Gasteiger partial charge in [-0.2, -0.15) is 0 Å². The van der Waals surface area contributed by atoms with Crippen molar-refractivity contribution < 1.29 is 81.1 Å². The van der Waals surface area contributed by atoms with Gasteiger partial charge in [0.2, 0.25) is 6.29 Å². The molecular weight excluding hydrogens is 305 g/mol. The molecule has 0 spiro atoms. The Morgan fingerprint density at radius 2 is 1.57 bits per heavy atom. The molecule has 12 heteroatoms. The van der Waals surface area contributed by atoms with Gasteiger partial charge in [-0.05, 0) is 0 Å². The molecule has 2 amide bonds. The summed E-state index contributed by atoms with van der Waals surface area (Å²) in [6, 6.07) is 0. The summed E-state index contributed by atoms with van der Waals surface area (Å²) in [5.74, 6) is 0. The van der Waals surface area contributed by atoms with Crippen molar-refractivity contribution in [2.45, 2.75) is 30.7 Å². The van der Waals surface area contributed by atoms with E-state index in [2.05, 4.69) is 4.74 Å². The average molecular weight is 323 g/mol. The number of hydrogen-bond acceptors (Lipinski definition) is 9. The van der Waals surface area contributed by atoms with Crippen LogP contribution in [0, 0.1) is 0 Å². The van der Waals surface area contributed by atoms with Crippen LogP contribution >= 0.6 is 0 Å². The molecule has 0 saturated carbocycles. The van der Waals surface area contributed by atoms with E-state index in [4.69, 9.17) is 15.3 Å². The van der Waals surface area contributed by atoms with Gasteiger partial charge in [-0.3, -0.25) is 0 Å². The maximum absolute atomic E-state index is 11.1. The van der Waals surface area contributed by atoms with Crippen molar-refractivity contribution in [1.29, 1.82) is 0 Å². The van der Waals surface area contributed by atoms with Crippen LogP contribution in [0.4, 0.5) is 9.59 Å². The van der Waals surface area contributed by atoms with Crippen LogP contribution in [-0.2, 0) is 4.74 Å². The number of carboxylic acid groups (broad SMARTS) is 1. The van der Waals surface area contributed by atoms with Gasteiger partial charge in [0.25, 0.3) is 0 Å². The smallest absolute Gasteiger partial charge is 1.00 e. The first-order valence-electron chi connectivity index (χ1n) is 5.31. The number of rotatable bonds is 6. The first-order valence-corrected chi connectivity index (χ1v) is 5.31. The summed E-state index contributed by atoms with van der Waals surface area (Å²) in [5, 5.41) is 63.3. The van der Waals surface area contributed by atoms with Gasteiger partial charge in [0.15, 0.2) is 0 Å². The molecule has 0 rings (SSSR count). The van der Waals surface area contributed by atoms with E-state index in [1.165, 1.54) is 0 Å². The van der Waals surface area contributed by atoms with E-state index in [9.17, 15) is 30.0 Å². The van der Waals surface area contributed by atoms with E-state index in [0.717, 1.165) is 7.05 Å². The Kier molecular flexibility index (Phi) is 11.1. The fraction of sp³-hybridized carbons (Fsp3) is 0.778. The van der Waals surface area contributed by atoms with Gasteiger partial charge in [0, 0.05) is 7.05 Å². The molecule has 0 bridgehead atoms. The second kappa shape index (κ2) is 10.3. The third kappa shape index (κ3) is 6.86. The van der Waals surface area contributed by atoms with Gasteiger partial charge in [0.1, 0.15) is 24.4 Å². The Labute approximate surface area is 142 Å². The topological polar surface area (TPSA) is 188 Å². The van der Waals surface area contributed by atoms with Gasteiger partial charge in [0.05, 0.1) is 6.61 Å². The van der Waals surface area contributed by atoms with Crippen molar-refractivity contribution in [2.75, 3.05) is 13.7 Å². The van der Waals surface area contributed by atoms with Gasteiger partial charge in [-0.1, -0.05) is 0 Å². The molecule has 0 aromatic carbocycles. The van der Waals surface area contributed by atoms with Crippen LogP contribution in [0.15, 0.2) is 0 Å². The zero-order valence-corrected chi connectivity index (χ0v) is 13.4. The number of aliphatic hydroxyl groups excluding tert-OH is 6. The van der Waals surface area contributed by atoms with Crippen LogP contribution in [0.5, 0.6) is 0 Å². The molecule has 0 saturated heterocycles. The first kappa shape index (κ1) is 22.8. The first-order chi connectivity index (χ1) is 9.13. The molecule has 120 valence electrons. The summed E-state index contributed by atoms with van der Waals surface area (Å²) in [5.41, 5.74) is 0. The van der Waals surface area contributed by atoms with Gasteiger partial charge in [-0.25, -0.2) is 14.5 Å². The number of ether oxygens (including phenoxy) is 1. The van der Waals surface area contributed by atoms with Crippen molar-refractivity contribution in [3.63, 3.8) is 0 Å². The Bertz CT molecular complexity index is 348. The van der Waals surface area contributed by atoms with Crippen LogP contribution in [0.1, 0.15) is 1.43 Å². The summed E-state index contributed by atoms with van der Waals surface area (Å²) in [6.45, 7) is -0.928. The average Bonchev–Trinajstić information content (AvgIpc) is 2.42. The zero-order valence-electron chi connectivity index (χ0n) is 12.4. The predicted molar refractivity (Wildman–Crippen MR) is 60.5 cm³/mol. The minimum absolute atomic E-state index is 0. The number of amides is 2. The van der Waals surface area contributed by atoms with E-state index >= 15 is 0 Å². The van der Waals surface area contributed by atoms with Gasteiger partial charge in [-0.15, -0.1) is 0 Å². The molecular formula is C9H18NNaO10. The molecule has 0 aromatic heterocycles. The van der Waals surface area contributed by atoms with E-state index in [0.29, 0.717) is 0 Å². The third-order valence-corrected chi connectivity index (χ3v) is 2.36. The number of hydrogen-bond donors (Lipinski definition) is 7. The van der Waals surface area contributed by atoms with Crippen molar-refractivity contribution in [1.82, 2.24) is 4.90 Å². The van der Waals surface area contributed by atoms with Crippen molar-refractivity contribution in [3.05, 3.63) is 0 Å². The van der Waals surface area contributed by atoms with Crippen LogP contribution in [0.2, 0.25) is 0 Å². The summed E-state index contributed by atoms with van der Waals surface area (Å²) >= 11 is 0. The number of aliphatic hydroxyl groups is 6. The van der Waals surface area contributed by atoms with E-state index in [1.54, 1.807) is 0 Å². The zero-order chi connectivity index (χ0) is 16.0. The van der Waals surface area contributed by atoms with Crippen LogP contribution < -0.4 is 29.6 Å². The van der Waals surface area contributed by atoms with Crippen molar-refractivity contribution in [3.8, 4) is 0 Å². The van der Waals surface area contributed by atoms with Gasteiger partial charge < -0.3 is 41.9 Å². The molecule has 21 heavy (non-hydrogen) atoms. The fourth-order valence-corrected chi connectivity index (χ4v) is 1.04. The maximum Gasteiger partial charge on any atom is 1.00 e. The standard InChI is InChI=1S/C9H17NO10.Na.H/c1-10(8(17)18)9(19)20-7(16)6(15)5(14)4(13)3(12)2-11;;/h3-7,11-16H,2H2,1H3,(H,17,18);;/q;+1;-1/t3-,4-,5+,6+,7?;;/m1../s1. The largest absolute Gasteiger partial charge is 1.00 e. The number of carbonyl (C=O) groups is 2. The fourth-order valence-electron chi connectivity index (χ4n) is 1.04. The Hall–Kier alpha value is -0.500. The van der Waals surface area contributed by atoms with E-state index < -0.39 is 49.5 Å². The molecule has 7 N–H and O–H groups in total. The summed E-state index contributed by atoms with van der Waals surface area (Å²) < 4.78 is 4.12. The number of nitrogens with zero attached hydrogens (tertiary/aromatic N) is 1. The number of carbonyl (C=O) groups excluding carboxylic acids is 1. The van der Waals surface area contributed by atoms with Crippen LogP contribution in [-0.4, -0.2) is 97.2 Å². The second-order valence-electron chi connectivity index (χ2n) is 3.84. The molecule has 0 fully saturated rings. The monoisotopic (exact) mass is 323 g/mol. The third-order valence-electron chi connectivity index (χ3n) is 2.36. The maximum atomic E-state index is 11.1. The quantitative estimate of drug-likeness (QED) is 0.183. The SMILES string of the molecule is CN(C(=O)O)C(=O)OC(O)[C@@H](O)[C@@H](O)[C@H](O)[C@H](O)CO.[H-].[Na+]. The molecule has 0 heterocycles. The molecule has 0 aromatic rings. The number of imide groups is 1. The van der Waals surface area contributed by atoms with Gasteiger partial charge >= 0.3 is 41.7 Å². The molecule has 0 radical (unpaired) electrons. The molecule has 5 atom stereocenters. The molecule has 11 nitrogen and oxygen atoms in total. The molecule has 0 aliphatic rings. The van der Waals surface area contributed by atoms with E-state index in [1.807, 2.05) is 0 Å². The molecule has 0 aliphatic heterocycles.